The zero-order valence-corrected chi connectivity index (χ0v) is 20.5. The van der Waals surface area contributed by atoms with E-state index in [9.17, 15) is 0 Å². The summed E-state index contributed by atoms with van der Waals surface area (Å²) in [6.45, 7) is 28.0. The molecule has 0 aliphatic carbocycles. The lowest BCUT2D eigenvalue weighted by Gasteiger charge is -2.43. The van der Waals surface area contributed by atoms with Gasteiger partial charge in [0.2, 0.25) is 0 Å². The van der Waals surface area contributed by atoms with Gasteiger partial charge in [-0.05, 0) is 42.7 Å². The van der Waals surface area contributed by atoms with E-state index in [2.05, 4.69) is 80.2 Å². The molecule has 25 heavy (non-hydrogen) atoms. The first-order valence-corrected chi connectivity index (χ1v) is 15.2. The van der Waals surface area contributed by atoms with Crippen molar-refractivity contribution in [2.75, 3.05) is 13.2 Å². The van der Waals surface area contributed by atoms with Crippen LogP contribution in [0.15, 0.2) is 12.7 Å². The number of terminal acetylenes is 1. The second-order valence-corrected chi connectivity index (χ2v) is 20.1. The second-order valence-electron chi connectivity index (χ2n) is 10.5. The van der Waals surface area contributed by atoms with Gasteiger partial charge in [-0.3, -0.25) is 0 Å². The summed E-state index contributed by atoms with van der Waals surface area (Å²) >= 11 is 0. The minimum Gasteiger partial charge on any atom is -0.416 e. The van der Waals surface area contributed by atoms with Crippen LogP contribution in [0.1, 0.15) is 54.4 Å². The van der Waals surface area contributed by atoms with Gasteiger partial charge >= 0.3 is 0 Å². The van der Waals surface area contributed by atoms with Crippen molar-refractivity contribution in [2.45, 2.75) is 90.6 Å². The van der Waals surface area contributed by atoms with Crippen molar-refractivity contribution in [1.82, 2.24) is 0 Å². The van der Waals surface area contributed by atoms with E-state index in [0.717, 1.165) is 6.42 Å². The van der Waals surface area contributed by atoms with Crippen LogP contribution in [0.4, 0.5) is 0 Å². The maximum absolute atomic E-state index is 6.55. The standard InChI is InChI=1S/C21H42O2Si2/c1-13-15-21(16-14-2,17-22-24(9,10)19(3,4)5)18-23-25(11,12)20(6,7)8/h1,14H,2,15-18H2,3-12H3. The maximum atomic E-state index is 6.55. The molecular formula is C21H42O2Si2. The SMILES string of the molecule is C#CCC(CC=C)(CO[Si](C)(C)C(C)(C)C)CO[Si](C)(C)C(C)(C)C. The highest BCUT2D eigenvalue weighted by Crippen LogP contribution is 2.41. The number of allylic oxidation sites excluding steroid dienone is 1. The Labute approximate surface area is 160 Å². The highest BCUT2D eigenvalue weighted by molar-refractivity contribution is 6.74. The van der Waals surface area contributed by atoms with Crippen LogP contribution < -0.4 is 0 Å². The Balaban J connectivity index is 5.40. The molecule has 4 heteroatoms. The summed E-state index contributed by atoms with van der Waals surface area (Å²) in [5.74, 6) is 2.87. The predicted molar refractivity (Wildman–Crippen MR) is 117 cm³/mol. The molecule has 0 spiro atoms. The van der Waals surface area contributed by atoms with Gasteiger partial charge in [0.25, 0.3) is 0 Å². The van der Waals surface area contributed by atoms with Crippen LogP contribution in [0.25, 0.3) is 0 Å². The minimum absolute atomic E-state index is 0.179. The molecule has 0 atom stereocenters. The van der Waals surface area contributed by atoms with Crippen LogP contribution >= 0.6 is 0 Å². The molecule has 0 bridgehead atoms. The van der Waals surface area contributed by atoms with Crippen LogP contribution in [0.2, 0.25) is 36.3 Å². The summed E-state index contributed by atoms with van der Waals surface area (Å²) in [5.41, 5.74) is -0.179. The Morgan fingerprint density at radius 3 is 1.48 bits per heavy atom. The second kappa shape index (κ2) is 8.56. The largest absolute Gasteiger partial charge is 0.416 e. The normalized spacial score (nSPS) is 14.3. The summed E-state index contributed by atoms with van der Waals surface area (Å²) in [6.07, 6.45) is 9.16. The van der Waals surface area contributed by atoms with Crippen LogP contribution in [0.3, 0.4) is 0 Å². The average molecular weight is 383 g/mol. The molecule has 2 nitrogen and oxygen atoms in total. The van der Waals surface area contributed by atoms with E-state index in [-0.39, 0.29) is 15.5 Å². The molecule has 0 aromatic heterocycles. The van der Waals surface area contributed by atoms with E-state index in [0.29, 0.717) is 19.6 Å². The molecular weight excluding hydrogens is 340 g/mol. The fraction of sp³-hybridized carbons (Fsp3) is 0.810. The smallest absolute Gasteiger partial charge is 0.192 e. The first-order valence-electron chi connectivity index (χ1n) is 9.36. The van der Waals surface area contributed by atoms with Crippen molar-refractivity contribution >= 4 is 16.6 Å². The molecule has 146 valence electrons. The topological polar surface area (TPSA) is 18.5 Å². The quantitative estimate of drug-likeness (QED) is 0.253. The van der Waals surface area contributed by atoms with Crippen LogP contribution in [0, 0.1) is 17.8 Å². The van der Waals surface area contributed by atoms with Crippen molar-refractivity contribution in [3.8, 4) is 12.3 Å². The summed E-state index contributed by atoms with van der Waals surface area (Å²) < 4.78 is 13.1. The minimum atomic E-state index is -1.83. The molecule has 0 saturated heterocycles. The van der Waals surface area contributed by atoms with Crippen molar-refractivity contribution < 1.29 is 8.85 Å². The molecule has 0 amide bonds. The summed E-state index contributed by atoms with van der Waals surface area (Å²) in [6, 6.07) is 0. The van der Waals surface area contributed by atoms with Gasteiger partial charge in [-0.2, -0.15) is 0 Å². The molecule has 0 heterocycles. The molecule has 0 N–H and O–H groups in total. The zero-order valence-electron chi connectivity index (χ0n) is 18.5. The predicted octanol–water partition coefficient (Wildman–Crippen LogP) is 6.62. The van der Waals surface area contributed by atoms with Gasteiger partial charge in [-0.15, -0.1) is 18.9 Å². The molecule has 0 rings (SSSR count). The van der Waals surface area contributed by atoms with Gasteiger partial charge in [-0.1, -0.05) is 47.6 Å². The average Bonchev–Trinajstić information content (AvgIpc) is 2.41. The highest BCUT2D eigenvalue weighted by Gasteiger charge is 2.43. The fourth-order valence-corrected chi connectivity index (χ4v) is 4.16. The van der Waals surface area contributed by atoms with Crippen molar-refractivity contribution in [3.05, 3.63) is 12.7 Å². The Morgan fingerprint density at radius 2 is 1.24 bits per heavy atom. The van der Waals surface area contributed by atoms with Gasteiger partial charge in [0, 0.05) is 25.0 Å². The van der Waals surface area contributed by atoms with Crippen molar-refractivity contribution in [3.63, 3.8) is 0 Å². The summed E-state index contributed by atoms with van der Waals surface area (Å²) in [5, 5.41) is 0.368. The number of hydrogen-bond acceptors (Lipinski definition) is 2. The molecule has 0 saturated carbocycles. The monoisotopic (exact) mass is 382 g/mol. The van der Waals surface area contributed by atoms with Gasteiger partial charge < -0.3 is 8.85 Å². The molecule has 0 unspecified atom stereocenters. The lowest BCUT2D eigenvalue weighted by atomic mass is 9.83. The first kappa shape index (κ1) is 24.7. The van der Waals surface area contributed by atoms with Gasteiger partial charge in [0.1, 0.15) is 0 Å². The van der Waals surface area contributed by atoms with E-state index in [1.165, 1.54) is 0 Å². The molecule has 0 aliphatic heterocycles. The fourth-order valence-electron chi connectivity index (χ4n) is 1.96. The zero-order chi connectivity index (χ0) is 20.2. The molecule has 0 fully saturated rings. The number of hydrogen-bond donors (Lipinski definition) is 0. The lowest BCUT2D eigenvalue weighted by molar-refractivity contribution is 0.0708. The first-order chi connectivity index (χ1) is 11.0. The van der Waals surface area contributed by atoms with E-state index in [1.807, 2.05) is 6.08 Å². The summed E-state index contributed by atoms with van der Waals surface area (Å²) in [4.78, 5) is 0. The van der Waals surface area contributed by atoms with E-state index < -0.39 is 16.6 Å². The van der Waals surface area contributed by atoms with Crippen molar-refractivity contribution in [1.29, 1.82) is 0 Å². The Hall–Kier alpha value is -0.346. The lowest BCUT2D eigenvalue weighted by Crippen LogP contribution is -2.48. The summed E-state index contributed by atoms with van der Waals surface area (Å²) in [7, 11) is -3.66. The third-order valence-electron chi connectivity index (χ3n) is 6.15. The van der Waals surface area contributed by atoms with E-state index in [4.69, 9.17) is 15.3 Å². The number of rotatable bonds is 9. The Kier molecular flexibility index (Phi) is 8.44. The van der Waals surface area contributed by atoms with Gasteiger partial charge in [-0.25, -0.2) is 0 Å². The third-order valence-corrected chi connectivity index (χ3v) is 15.1. The van der Waals surface area contributed by atoms with Gasteiger partial charge in [0.15, 0.2) is 16.6 Å². The van der Waals surface area contributed by atoms with E-state index in [1.54, 1.807) is 0 Å². The Morgan fingerprint density at radius 1 is 0.880 bits per heavy atom. The third kappa shape index (κ3) is 7.05. The molecule has 0 aliphatic rings. The Bertz CT molecular complexity index is 444. The van der Waals surface area contributed by atoms with Crippen molar-refractivity contribution in [2.24, 2.45) is 5.41 Å². The van der Waals surface area contributed by atoms with Crippen LogP contribution in [0.5, 0.6) is 0 Å². The molecule has 0 aromatic rings. The molecule has 0 aromatic carbocycles. The highest BCUT2D eigenvalue weighted by atomic mass is 28.4. The van der Waals surface area contributed by atoms with E-state index >= 15 is 0 Å². The van der Waals surface area contributed by atoms with Gasteiger partial charge in [0.05, 0.1) is 0 Å². The van der Waals surface area contributed by atoms with Crippen LogP contribution in [-0.4, -0.2) is 29.8 Å². The van der Waals surface area contributed by atoms with Crippen LogP contribution in [-0.2, 0) is 8.85 Å². The molecule has 0 radical (unpaired) electrons. The maximum Gasteiger partial charge on any atom is 0.192 e.